The Morgan fingerprint density at radius 3 is 2.92 bits per heavy atom. The smallest absolute Gasteiger partial charge is 0.325 e. The van der Waals surface area contributed by atoms with Gasteiger partial charge in [0.1, 0.15) is 0 Å². The minimum absolute atomic E-state index is 0.0338. The second kappa shape index (κ2) is 7.83. The molecule has 1 saturated heterocycles. The molecule has 1 fully saturated rings. The molecule has 132 valence electrons. The molecule has 3 rings (SSSR count). The van der Waals surface area contributed by atoms with Gasteiger partial charge in [0.2, 0.25) is 5.91 Å². The van der Waals surface area contributed by atoms with Gasteiger partial charge in [0.05, 0.1) is 6.04 Å². The predicted octanol–water partition coefficient (Wildman–Crippen LogP) is 1.60. The number of likely N-dealkylation sites (tertiary alicyclic amines) is 1. The average Bonchev–Trinajstić information content (AvgIpc) is 3.00. The van der Waals surface area contributed by atoms with Gasteiger partial charge in [-0.25, -0.2) is 4.79 Å². The van der Waals surface area contributed by atoms with Gasteiger partial charge in [0, 0.05) is 52.0 Å². The van der Waals surface area contributed by atoms with Gasteiger partial charge in [-0.15, -0.1) is 0 Å². The van der Waals surface area contributed by atoms with Gasteiger partial charge >= 0.3 is 5.69 Å². The minimum Gasteiger partial charge on any atom is -0.336 e. The highest BCUT2D eigenvalue weighted by molar-refractivity contribution is 5.74. The Kier molecular flexibility index (Phi) is 5.56. The summed E-state index contributed by atoms with van der Waals surface area (Å²) < 4.78 is 1.72. The predicted molar refractivity (Wildman–Crippen MR) is 93.8 cm³/mol. The molecule has 0 saturated carbocycles. The van der Waals surface area contributed by atoms with E-state index in [1.54, 1.807) is 23.9 Å². The Morgan fingerprint density at radius 2 is 2.17 bits per heavy atom. The normalized spacial score (nSPS) is 22.5. The number of hydrogen-bond acceptors (Lipinski definition) is 3. The summed E-state index contributed by atoms with van der Waals surface area (Å²) in [6, 6.07) is 0.298. The zero-order valence-corrected chi connectivity index (χ0v) is 14.5. The van der Waals surface area contributed by atoms with E-state index in [0.717, 1.165) is 58.4 Å². The molecule has 0 radical (unpaired) electrons. The second-order valence-corrected chi connectivity index (χ2v) is 6.88. The topological polar surface area (TPSA) is 61.3 Å². The summed E-state index contributed by atoms with van der Waals surface area (Å²) in [6.45, 7) is 6.35. The van der Waals surface area contributed by atoms with Crippen molar-refractivity contribution < 1.29 is 4.79 Å². The van der Waals surface area contributed by atoms with Crippen LogP contribution in [-0.2, 0) is 11.3 Å². The average molecular weight is 332 g/mol. The molecule has 2 aliphatic heterocycles. The zero-order chi connectivity index (χ0) is 16.9. The van der Waals surface area contributed by atoms with Crippen LogP contribution < -0.4 is 5.69 Å². The molecular formula is C18H28N4O2. The summed E-state index contributed by atoms with van der Waals surface area (Å²) >= 11 is 0. The van der Waals surface area contributed by atoms with Crippen LogP contribution in [0.3, 0.4) is 0 Å². The quantitative estimate of drug-likeness (QED) is 0.833. The molecular weight excluding hydrogens is 304 g/mol. The first-order valence-electron chi connectivity index (χ1n) is 9.07. The van der Waals surface area contributed by atoms with Crippen LogP contribution in [-0.4, -0.2) is 57.5 Å². The Balaban J connectivity index is 1.53. The van der Waals surface area contributed by atoms with Crippen LogP contribution in [0, 0.1) is 0 Å². The van der Waals surface area contributed by atoms with E-state index >= 15 is 0 Å². The number of H-pyrrole nitrogens is 1. The molecule has 1 amide bonds. The summed E-state index contributed by atoms with van der Waals surface area (Å²) in [4.78, 5) is 30.6. The van der Waals surface area contributed by atoms with Crippen molar-refractivity contribution in [2.75, 3.05) is 26.2 Å². The Bertz CT molecular complexity index is 645. The molecule has 6 heteroatoms. The molecule has 24 heavy (non-hydrogen) atoms. The first-order chi connectivity index (χ1) is 11.6. The maximum absolute atomic E-state index is 11.9. The van der Waals surface area contributed by atoms with E-state index < -0.39 is 0 Å². The van der Waals surface area contributed by atoms with Crippen molar-refractivity contribution >= 4 is 5.91 Å². The van der Waals surface area contributed by atoms with Crippen molar-refractivity contribution in [3.05, 3.63) is 34.5 Å². The van der Waals surface area contributed by atoms with Crippen molar-refractivity contribution in [1.82, 2.24) is 19.4 Å². The van der Waals surface area contributed by atoms with Gasteiger partial charge < -0.3 is 9.88 Å². The fraction of sp³-hybridized carbons (Fsp3) is 0.667. The van der Waals surface area contributed by atoms with E-state index in [0.29, 0.717) is 6.04 Å². The second-order valence-electron chi connectivity index (χ2n) is 6.88. The maximum Gasteiger partial charge on any atom is 0.325 e. The van der Waals surface area contributed by atoms with Crippen molar-refractivity contribution in [3.63, 3.8) is 0 Å². The van der Waals surface area contributed by atoms with Crippen molar-refractivity contribution in [3.8, 4) is 0 Å². The van der Waals surface area contributed by atoms with Crippen LogP contribution in [0.25, 0.3) is 0 Å². The summed E-state index contributed by atoms with van der Waals surface area (Å²) in [5.41, 5.74) is 1.38. The number of aryl methyl sites for hydroxylation is 1. The summed E-state index contributed by atoms with van der Waals surface area (Å²) in [5.74, 6) is 0.199. The third-order valence-electron chi connectivity index (χ3n) is 5.19. The number of hydrogen-bond donors (Lipinski definition) is 1. The number of amides is 1. The third-order valence-corrected chi connectivity index (χ3v) is 5.19. The lowest BCUT2D eigenvalue weighted by molar-refractivity contribution is -0.131. The maximum atomic E-state index is 11.9. The molecule has 2 aliphatic rings. The lowest BCUT2D eigenvalue weighted by Crippen LogP contribution is -2.47. The minimum atomic E-state index is -0.0338. The molecule has 0 spiro atoms. The first-order valence-corrected chi connectivity index (χ1v) is 9.07. The lowest BCUT2D eigenvalue weighted by atomic mass is 9.92. The van der Waals surface area contributed by atoms with Crippen molar-refractivity contribution in [2.45, 2.75) is 51.6 Å². The molecule has 0 aliphatic carbocycles. The number of imidazole rings is 1. The Labute approximate surface area is 143 Å². The number of carbonyl (C=O) groups excluding carboxylic acids is 1. The molecule has 0 bridgehead atoms. The summed E-state index contributed by atoms with van der Waals surface area (Å²) in [5, 5.41) is 0. The number of nitrogens with one attached hydrogen (secondary N) is 1. The number of piperidine rings is 1. The Hall–Kier alpha value is -1.82. The molecule has 1 atom stereocenters. The standard InChI is InChI=1S/C18H28N4O2/c1-15(23)22-12-3-2-7-17(22)16-6-4-9-20(14-16)10-5-11-21-13-8-19-18(21)24/h6,8,13,17H,2-5,7,9-12,14H2,1H3,(H,19,24). The molecule has 1 unspecified atom stereocenters. The molecule has 1 aromatic heterocycles. The van der Waals surface area contributed by atoms with Crippen LogP contribution in [0.4, 0.5) is 0 Å². The van der Waals surface area contributed by atoms with Gasteiger partial charge in [-0.1, -0.05) is 6.08 Å². The fourth-order valence-electron chi connectivity index (χ4n) is 3.95. The third kappa shape index (κ3) is 3.98. The first kappa shape index (κ1) is 17.0. The van der Waals surface area contributed by atoms with E-state index in [1.165, 1.54) is 12.0 Å². The van der Waals surface area contributed by atoms with Gasteiger partial charge in [0.15, 0.2) is 0 Å². The van der Waals surface area contributed by atoms with Crippen LogP contribution in [0.15, 0.2) is 28.8 Å². The number of aromatic amines is 1. The van der Waals surface area contributed by atoms with E-state index in [1.807, 2.05) is 0 Å². The van der Waals surface area contributed by atoms with Crippen LogP contribution in [0.5, 0.6) is 0 Å². The lowest BCUT2D eigenvalue weighted by Gasteiger charge is -2.40. The molecule has 3 heterocycles. The monoisotopic (exact) mass is 332 g/mol. The highest BCUT2D eigenvalue weighted by atomic mass is 16.2. The van der Waals surface area contributed by atoms with E-state index in [-0.39, 0.29) is 11.6 Å². The summed E-state index contributed by atoms with van der Waals surface area (Å²) in [7, 11) is 0. The molecule has 1 N–H and O–H groups in total. The van der Waals surface area contributed by atoms with Gasteiger partial charge in [0.25, 0.3) is 0 Å². The van der Waals surface area contributed by atoms with Gasteiger partial charge in [-0.3, -0.25) is 14.3 Å². The largest absolute Gasteiger partial charge is 0.336 e. The fourth-order valence-corrected chi connectivity index (χ4v) is 3.95. The van der Waals surface area contributed by atoms with Crippen LogP contribution in [0.2, 0.25) is 0 Å². The van der Waals surface area contributed by atoms with Crippen LogP contribution >= 0.6 is 0 Å². The highest BCUT2D eigenvalue weighted by Crippen LogP contribution is 2.26. The molecule has 0 aromatic carbocycles. The summed E-state index contributed by atoms with van der Waals surface area (Å²) in [6.07, 6.45) is 11.3. The molecule has 6 nitrogen and oxygen atoms in total. The zero-order valence-electron chi connectivity index (χ0n) is 14.5. The van der Waals surface area contributed by atoms with Crippen molar-refractivity contribution in [1.29, 1.82) is 0 Å². The van der Waals surface area contributed by atoms with Crippen LogP contribution in [0.1, 0.15) is 39.0 Å². The van der Waals surface area contributed by atoms with E-state index in [2.05, 4.69) is 20.9 Å². The SMILES string of the molecule is CC(=O)N1CCCCC1C1=CCCN(CCCn2cc[nH]c2=O)C1. The van der Waals surface area contributed by atoms with Gasteiger partial charge in [-0.2, -0.15) is 0 Å². The van der Waals surface area contributed by atoms with Crippen molar-refractivity contribution in [2.24, 2.45) is 0 Å². The van der Waals surface area contributed by atoms with E-state index in [9.17, 15) is 9.59 Å². The van der Waals surface area contributed by atoms with Gasteiger partial charge in [-0.05, 0) is 37.7 Å². The Morgan fingerprint density at radius 1 is 1.29 bits per heavy atom. The number of nitrogens with zero attached hydrogens (tertiary/aromatic N) is 3. The van der Waals surface area contributed by atoms with E-state index in [4.69, 9.17) is 0 Å². The number of carbonyl (C=O) groups is 1. The highest BCUT2D eigenvalue weighted by Gasteiger charge is 2.29. The number of aromatic nitrogens is 2. The molecule has 1 aromatic rings. The number of rotatable bonds is 5.